The number of nitrogens with one attached hydrogen (secondary N) is 1. The van der Waals surface area contributed by atoms with Gasteiger partial charge in [0, 0.05) is 6.54 Å². The van der Waals surface area contributed by atoms with Gasteiger partial charge < -0.3 is 5.32 Å². The standard InChI is InChI=1S/C17H19F2N/c1-3-8-20-11-13-4-5-15(19)10-17(13)16-7-6-14(18)9-12(16)2/h4-7,9-10,20H,3,8,11H2,1-2H3. The van der Waals surface area contributed by atoms with E-state index in [2.05, 4.69) is 12.2 Å². The number of halogens is 2. The zero-order valence-corrected chi connectivity index (χ0v) is 11.8. The molecule has 0 spiro atoms. The molecule has 1 nitrogen and oxygen atoms in total. The molecule has 2 rings (SSSR count). The van der Waals surface area contributed by atoms with Crippen molar-refractivity contribution in [2.24, 2.45) is 0 Å². The second-order valence-electron chi connectivity index (χ2n) is 4.94. The van der Waals surface area contributed by atoms with E-state index in [1.807, 2.05) is 6.92 Å². The third-order valence-corrected chi connectivity index (χ3v) is 3.29. The molecule has 0 radical (unpaired) electrons. The van der Waals surface area contributed by atoms with Gasteiger partial charge in [0.2, 0.25) is 0 Å². The largest absolute Gasteiger partial charge is 0.313 e. The van der Waals surface area contributed by atoms with Crippen molar-refractivity contribution in [3.63, 3.8) is 0 Å². The molecule has 106 valence electrons. The van der Waals surface area contributed by atoms with E-state index < -0.39 is 0 Å². The van der Waals surface area contributed by atoms with E-state index in [-0.39, 0.29) is 11.6 Å². The molecule has 0 aliphatic rings. The summed E-state index contributed by atoms with van der Waals surface area (Å²) in [7, 11) is 0. The molecule has 3 heteroatoms. The Kier molecular flexibility index (Phi) is 4.85. The molecule has 20 heavy (non-hydrogen) atoms. The molecule has 0 aromatic heterocycles. The van der Waals surface area contributed by atoms with Gasteiger partial charge in [0.25, 0.3) is 0 Å². The first-order valence-electron chi connectivity index (χ1n) is 6.87. The molecule has 0 aliphatic carbocycles. The fourth-order valence-electron chi connectivity index (χ4n) is 2.28. The first-order valence-corrected chi connectivity index (χ1v) is 6.87. The van der Waals surface area contributed by atoms with E-state index in [0.29, 0.717) is 6.54 Å². The van der Waals surface area contributed by atoms with Crippen LogP contribution in [0.4, 0.5) is 8.78 Å². The van der Waals surface area contributed by atoms with Crippen molar-refractivity contribution in [3.8, 4) is 11.1 Å². The number of aryl methyl sites for hydroxylation is 1. The second kappa shape index (κ2) is 6.62. The molecule has 0 unspecified atom stereocenters. The van der Waals surface area contributed by atoms with Crippen LogP contribution in [0.3, 0.4) is 0 Å². The number of hydrogen-bond donors (Lipinski definition) is 1. The average Bonchev–Trinajstić information content (AvgIpc) is 2.41. The summed E-state index contributed by atoms with van der Waals surface area (Å²) in [5.41, 5.74) is 3.53. The van der Waals surface area contributed by atoms with Crippen LogP contribution in [0, 0.1) is 18.6 Å². The lowest BCUT2D eigenvalue weighted by atomic mass is 9.95. The molecule has 0 heterocycles. The Morgan fingerprint density at radius 1 is 0.950 bits per heavy atom. The second-order valence-corrected chi connectivity index (χ2v) is 4.94. The van der Waals surface area contributed by atoms with Crippen molar-refractivity contribution in [3.05, 3.63) is 59.2 Å². The van der Waals surface area contributed by atoms with Crippen LogP contribution < -0.4 is 5.32 Å². The quantitative estimate of drug-likeness (QED) is 0.795. The summed E-state index contributed by atoms with van der Waals surface area (Å²) < 4.78 is 26.7. The molecule has 0 saturated heterocycles. The summed E-state index contributed by atoms with van der Waals surface area (Å²) in [6.45, 7) is 5.54. The number of benzene rings is 2. The van der Waals surface area contributed by atoms with Crippen molar-refractivity contribution in [1.29, 1.82) is 0 Å². The molecular weight excluding hydrogens is 256 g/mol. The zero-order valence-electron chi connectivity index (χ0n) is 11.8. The Balaban J connectivity index is 2.40. The molecule has 0 aliphatic heterocycles. The molecule has 1 N–H and O–H groups in total. The zero-order chi connectivity index (χ0) is 14.5. The Hall–Kier alpha value is -1.74. The topological polar surface area (TPSA) is 12.0 Å². The van der Waals surface area contributed by atoms with E-state index in [0.717, 1.165) is 35.2 Å². The summed E-state index contributed by atoms with van der Waals surface area (Å²) in [5.74, 6) is -0.545. The van der Waals surface area contributed by atoms with E-state index in [9.17, 15) is 8.78 Å². The van der Waals surface area contributed by atoms with Crippen molar-refractivity contribution < 1.29 is 8.78 Å². The van der Waals surface area contributed by atoms with E-state index >= 15 is 0 Å². The van der Waals surface area contributed by atoms with Crippen molar-refractivity contribution >= 4 is 0 Å². The first kappa shape index (κ1) is 14.7. The van der Waals surface area contributed by atoms with Gasteiger partial charge in [0.1, 0.15) is 11.6 Å². The van der Waals surface area contributed by atoms with Crippen molar-refractivity contribution in [1.82, 2.24) is 5.32 Å². The lowest BCUT2D eigenvalue weighted by Crippen LogP contribution is -2.14. The lowest BCUT2D eigenvalue weighted by molar-refractivity contribution is 0.624. The molecule has 0 fully saturated rings. The molecule has 0 bridgehead atoms. The van der Waals surface area contributed by atoms with Gasteiger partial charge in [-0.3, -0.25) is 0 Å². The summed E-state index contributed by atoms with van der Waals surface area (Å²) in [6, 6.07) is 9.37. The third-order valence-electron chi connectivity index (χ3n) is 3.29. The molecule has 0 atom stereocenters. The van der Waals surface area contributed by atoms with Crippen LogP contribution in [-0.2, 0) is 6.54 Å². The fraction of sp³-hybridized carbons (Fsp3) is 0.294. The summed E-state index contributed by atoms with van der Waals surface area (Å²) >= 11 is 0. The molecule has 0 saturated carbocycles. The molecule has 2 aromatic carbocycles. The van der Waals surface area contributed by atoms with Gasteiger partial charge in [-0.15, -0.1) is 0 Å². The highest BCUT2D eigenvalue weighted by molar-refractivity contribution is 5.70. The first-order chi connectivity index (χ1) is 9.61. The minimum Gasteiger partial charge on any atom is -0.313 e. The summed E-state index contributed by atoms with van der Waals surface area (Å²) in [4.78, 5) is 0. The van der Waals surface area contributed by atoms with Gasteiger partial charge in [-0.25, -0.2) is 8.78 Å². The normalized spacial score (nSPS) is 10.8. The number of hydrogen-bond acceptors (Lipinski definition) is 1. The van der Waals surface area contributed by atoms with Gasteiger partial charge in [-0.1, -0.05) is 19.1 Å². The highest BCUT2D eigenvalue weighted by Gasteiger charge is 2.09. The number of rotatable bonds is 5. The smallest absolute Gasteiger partial charge is 0.123 e. The highest BCUT2D eigenvalue weighted by atomic mass is 19.1. The van der Waals surface area contributed by atoms with Gasteiger partial charge in [0.15, 0.2) is 0 Å². The maximum atomic E-state index is 13.5. The predicted octanol–water partition coefficient (Wildman–Crippen LogP) is 4.44. The minimum absolute atomic E-state index is 0.270. The predicted molar refractivity (Wildman–Crippen MR) is 78.5 cm³/mol. The highest BCUT2D eigenvalue weighted by Crippen LogP contribution is 2.28. The van der Waals surface area contributed by atoms with Gasteiger partial charge >= 0.3 is 0 Å². The van der Waals surface area contributed by atoms with Crippen molar-refractivity contribution in [2.45, 2.75) is 26.8 Å². The van der Waals surface area contributed by atoms with Crippen LogP contribution in [0.25, 0.3) is 11.1 Å². The van der Waals surface area contributed by atoms with Crippen LogP contribution in [0.1, 0.15) is 24.5 Å². The molecular formula is C17H19F2N. The van der Waals surface area contributed by atoms with Crippen LogP contribution in [0.15, 0.2) is 36.4 Å². The fourth-order valence-corrected chi connectivity index (χ4v) is 2.28. The Labute approximate surface area is 118 Å². The Bertz CT molecular complexity index is 594. The van der Waals surface area contributed by atoms with Crippen molar-refractivity contribution in [2.75, 3.05) is 6.54 Å². The molecule has 0 amide bonds. The Morgan fingerprint density at radius 2 is 1.65 bits per heavy atom. The monoisotopic (exact) mass is 275 g/mol. The molecule has 2 aromatic rings. The maximum absolute atomic E-state index is 13.5. The lowest BCUT2D eigenvalue weighted by Gasteiger charge is -2.13. The SMILES string of the molecule is CCCNCc1ccc(F)cc1-c1ccc(F)cc1C. The van der Waals surface area contributed by atoms with Gasteiger partial charge in [-0.2, -0.15) is 0 Å². The minimum atomic E-state index is -0.275. The van der Waals surface area contributed by atoms with E-state index in [1.54, 1.807) is 12.1 Å². The third kappa shape index (κ3) is 3.42. The van der Waals surface area contributed by atoms with Crippen LogP contribution in [0.5, 0.6) is 0 Å². The van der Waals surface area contributed by atoms with Crippen LogP contribution in [-0.4, -0.2) is 6.54 Å². The van der Waals surface area contributed by atoms with Crippen LogP contribution in [0.2, 0.25) is 0 Å². The van der Waals surface area contributed by atoms with Gasteiger partial charge in [0.05, 0.1) is 0 Å². The van der Waals surface area contributed by atoms with E-state index in [1.165, 1.54) is 24.3 Å². The maximum Gasteiger partial charge on any atom is 0.123 e. The summed E-state index contributed by atoms with van der Waals surface area (Å²) in [6.07, 6.45) is 1.05. The Morgan fingerprint density at radius 3 is 2.35 bits per heavy atom. The van der Waals surface area contributed by atoms with Crippen LogP contribution >= 0.6 is 0 Å². The van der Waals surface area contributed by atoms with E-state index in [4.69, 9.17) is 0 Å². The van der Waals surface area contributed by atoms with Gasteiger partial charge in [-0.05, 0) is 66.4 Å². The summed E-state index contributed by atoms with van der Waals surface area (Å²) in [5, 5.41) is 3.32. The average molecular weight is 275 g/mol.